The van der Waals surface area contributed by atoms with Crippen LogP contribution in [0.25, 0.3) is 10.9 Å². The topological polar surface area (TPSA) is 27.8 Å². The Hall–Kier alpha value is -1.53. The van der Waals surface area contributed by atoms with Gasteiger partial charge in [0.1, 0.15) is 0 Å². The van der Waals surface area contributed by atoms with Crippen molar-refractivity contribution in [3.8, 4) is 0 Å². The zero-order valence-corrected chi connectivity index (χ0v) is 16.9. The minimum atomic E-state index is -2.47. The fraction of sp³-hybridized carbons (Fsp3) is 0.400. The standard InChI is InChI=1S/C18H18F2N2S2.C2H6/c1-10-9-21-17-13(6-5-12(16(10)17)18(19)20)22-24-15-8-7-14(23-15)11-3-2-4-11;1-2/h5-9,11,18,21-22H,2-4H2,1H3;1-2H3. The zero-order valence-electron chi connectivity index (χ0n) is 15.2. The Labute approximate surface area is 161 Å². The predicted molar refractivity (Wildman–Crippen MR) is 110 cm³/mol. The summed E-state index contributed by atoms with van der Waals surface area (Å²) in [6, 6.07) is 7.60. The predicted octanol–water partition coefficient (Wildman–Crippen LogP) is 7.89. The minimum Gasteiger partial charge on any atom is -0.359 e. The van der Waals surface area contributed by atoms with Gasteiger partial charge in [0.05, 0.1) is 15.4 Å². The van der Waals surface area contributed by atoms with Crippen LogP contribution < -0.4 is 4.72 Å². The van der Waals surface area contributed by atoms with Crippen LogP contribution in [0.15, 0.2) is 34.7 Å². The van der Waals surface area contributed by atoms with Crippen LogP contribution in [0.1, 0.15) is 61.5 Å². The van der Waals surface area contributed by atoms with Gasteiger partial charge in [0.15, 0.2) is 0 Å². The van der Waals surface area contributed by atoms with Gasteiger partial charge in [-0.05, 0) is 61.4 Å². The van der Waals surface area contributed by atoms with Crippen LogP contribution in [-0.2, 0) is 0 Å². The third-order valence-electron chi connectivity index (χ3n) is 4.67. The van der Waals surface area contributed by atoms with E-state index in [0.717, 1.165) is 22.7 Å². The number of halogens is 2. The van der Waals surface area contributed by atoms with Crippen LogP contribution >= 0.6 is 23.3 Å². The monoisotopic (exact) mass is 394 g/mol. The number of anilines is 1. The second kappa shape index (κ2) is 8.44. The number of aromatic nitrogens is 1. The van der Waals surface area contributed by atoms with Gasteiger partial charge in [0.25, 0.3) is 6.43 Å². The van der Waals surface area contributed by atoms with Crippen molar-refractivity contribution >= 4 is 39.9 Å². The molecule has 140 valence electrons. The highest BCUT2D eigenvalue weighted by Gasteiger charge is 2.21. The van der Waals surface area contributed by atoms with E-state index >= 15 is 0 Å². The van der Waals surface area contributed by atoms with Crippen molar-refractivity contribution < 1.29 is 8.78 Å². The molecular weight excluding hydrogens is 370 g/mol. The Bertz CT molecular complexity index is 866. The molecule has 1 aliphatic rings. The summed E-state index contributed by atoms with van der Waals surface area (Å²) in [6.45, 7) is 5.85. The van der Waals surface area contributed by atoms with Crippen molar-refractivity contribution in [2.24, 2.45) is 0 Å². The fourth-order valence-electron chi connectivity index (χ4n) is 3.12. The second-order valence-corrected chi connectivity index (χ2v) is 8.44. The molecule has 1 aromatic carbocycles. The third-order valence-corrected chi connectivity index (χ3v) is 6.87. The summed E-state index contributed by atoms with van der Waals surface area (Å²) >= 11 is 3.37. The van der Waals surface area contributed by atoms with Gasteiger partial charge < -0.3 is 9.71 Å². The number of nitrogens with one attached hydrogen (secondary N) is 2. The maximum absolute atomic E-state index is 13.2. The number of aryl methyl sites for hydroxylation is 1. The Morgan fingerprint density at radius 2 is 1.96 bits per heavy atom. The lowest BCUT2D eigenvalue weighted by Gasteiger charge is -2.23. The quantitative estimate of drug-likeness (QED) is 0.431. The first kappa shape index (κ1) is 19.2. The van der Waals surface area contributed by atoms with Crippen LogP contribution in [0, 0.1) is 6.92 Å². The molecule has 4 rings (SSSR count). The summed E-state index contributed by atoms with van der Waals surface area (Å²) in [6.07, 6.45) is 3.26. The normalized spacial score (nSPS) is 14.2. The molecule has 1 saturated carbocycles. The molecule has 2 N–H and O–H groups in total. The van der Waals surface area contributed by atoms with Crippen molar-refractivity contribution in [3.63, 3.8) is 0 Å². The molecule has 0 atom stereocenters. The number of alkyl halides is 2. The highest BCUT2D eigenvalue weighted by molar-refractivity contribution is 8.02. The first-order valence-electron chi connectivity index (χ1n) is 9.05. The molecule has 2 heterocycles. The number of benzene rings is 1. The lowest BCUT2D eigenvalue weighted by molar-refractivity contribution is 0.153. The number of aromatic amines is 1. The minimum absolute atomic E-state index is 0.0858. The van der Waals surface area contributed by atoms with Gasteiger partial charge in [-0.1, -0.05) is 26.3 Å². The highest BCUT2D eigenvalue weighted by Crippen LogP contribution is 2.42. The van der Waals surface area contributed by atoms with Crippen LogP contribution in [0.2, 0.25) is 0 Å². The van der Waals surface area contributed by atoms with Crippen LogP contribution in [0.5, 0.6) is 0 Å². The summed E-state index contributed by atoms with van der Waals surface area (Å²) in [7, 11) is 0. The molecule has 3 aromatic rings. The van der Waals surface area contributed by atoms with E-state index in [1.165, 1.54) is 34.4 Å². The first-order chi connectivity index (χ1) is 12.6. The largest absolute Gasteiger partial charge is 0.359 e. The van der Waals surface area contributed by atoms with E-state index in [1.807, 2.05) is 32.1 Å². The van der Waals surface area contributed by atoms with Crippen LogP contribution in [0.4, 0.5) is 14.5 Å². The zero-order chi connectivity index (χ0) is 18.7. The van der Waals surface area contributed by atoms with Gasteiger partial charge in [-0.2, -0.15) is 0 Å². The maximum atomic E-state index is 13.2. The highest BCUT2D eigenvalue weighted by atomic mass is 32.2. The Kier molecular flexibility index (Phi) is 6.24. The van der Waals surface area contributed by atoms with E-state index in [4.69, 9.17) is 0 Å². The molecule has 0 radical (unpaired) electrons. The number of thiophene rings is 1. The van der Waals surface area contributed by atoms with Crippen molar-refractivity contribution in [1.82, 2.24) is 4.98 Å². The summed E-state index contributed by atoms with van der Waals surface area (Å²) in [5, 5.41) is 0.622. The SMILES string of the molecule is CC.Cc1c[nH]c2c(NSc3ccc(C4CCC4)s3)ccc(C(F)F)c12. The molecule has 0 spiro atoms. The average molecular weight is 395 g/mol. The maximum Gasteiger partial charge on any atom is 0.264 e. The summed E-state index contributed by atoms with van der Waals surface area (Å²) in [4.78, 5) is 4.58. The molecule has 0 aliphatic heterocycles. The molecule has 0 bridgehead atoms. The fourth-order valence-corrected chi connectivity index (χ4v) is 5.12. The molecule has 2 aromatic heterocycles. The second-order valence-electron chi connectivity index (χ2n) is 6.21. The van der Waals surface area contributed by atoms with Gasteiger partial charge in [0, 0.05) is 22.0 Å². The molecule has 0 unspecified atom stereocenters. The van der Waals surface area contributed by atoms with Gasteiger partial charge in [-0.25, -0.2) is 8.78 Å². The van der Waals surface area contributed by atoms with Crippen LogP contribution in [0.3, 0.4) is 0 Å². The van der Waals surface area contributed by atoms with Crippen LogP contribution in [-0.4, -0.2) is 4.98 Å². The molecule has 2 nitrogen and oxygen atoms in total. The third kappa shape index (κ3) is 3.76. The first-order valence-corrected chi connectivity index (χ1v) is 10.7. The van der Waals surface area contributed by atoms with E-state index in [9.17, 15) is 8.78 Å². The molecule has 1 aliphatic carbocycles. The summed E-state index contributed by atoms with van der Waals surface area (Å²) in [5.41, 5.74) is 2.51. The van der Waals surface area contributed by atoms with Gasteiger partial charge in [-0.3, -0.25) is 0 Å². The van der Waals surface area contributed by atoms with E-state index in [0.29, 0.717) is 5.39 Å². The lowest BCUT2D eigenvalue weighted by Crippen LogP contribution is -2.06. The number of fused-ring (bicyclic) bond motifs is 1. The van der Waals surface area contributed by atoms with Gasteiger partial charge in [0.2, 0.25) is 0 Å². The van der Waals surface area contributed by atoms with E-state index in [2.05, 4.69) is 21.8 Å². The Morgan fingerprint density at radius 3 is 2.62 bits per heavy atom. The van der Waals surface area contributed by atoms with E-state index in [-0.39, 0.29) is 5.56 Å². The van der Waals surface area contributed by atoms with Crippen molar-refractivity contribution in [3.05, 3.63) is 46.5 Å². The lowest BCUT2D eigenvalue weighted by atomic mass is 9.84. The Balaban J connectivity index is 0.000000948. The number of rotatable bonds is 5. The van der Waals surface area contributed by atoms with E-state index < -0.39 is 6.43 Å². The number of H-pyrrole nitrogens is 1. The molecule has 0 saturated heterocycles. The molecule has 6 heteroatoms. The smallest absolute Gasteiger partial charge is 0.264 e. The molecular formula is C20H24F2N2S2. The molecule has 26 heavy (non-hydrogen) atoms. The van der Waals surface area contributed by atoms with E-state index in [1.54, 1.807) is 24.2 Å². The summed E-state index contributed by atoms with van der Waals surface area (Å²) < 4.78 is 31.0. The average Bonchev–Trinajstić information content (AvgIpc) is 3.21. The van der Waals surface area contributed by atoms with Crippen molar-refractivity contribution in [2.75, 3.05) is 4.72 Å². The summed E-state index contributed by atoms with van der Waals surface area (Å²) in [5.74, 6) is 0.743. The number of hydrogen-bond donors (Lipinski definition) is 2. The molecule has 0 amide bonds. The van der Waals surface area contributed by atoms with Gasteiger partial charge >= 0.3 is 0 Å². The van der Waals surface area contributed by atoms with Crippen molar-refractivity contribution in [2.45, 2.75) is 56.6 Å². The van der Waals surface area contributed by atoms with Crippen molar-refractivity contribution in [1.29, 1.82) is 0 Å². The molecule has 1 fully saturated rings. The Morgan fingerprint density at radius 1 is 1.19 bits per heavy atom. The van der Waals surface area contributed by atoms with Gasteiger partial charge in [-0.15, -0.1) is 11.3 Å². The number of hydrogen-bond acceptors (Lipinski definition) is 3.